The van der Waals surface area contributed by atoms with Gasteiger partial charge in [-0.25, -0.2) is 13.1 Å². The van der Waals surface area contributed by atoms with Gasteiger partial charge in [0.15, 0.2) is 0 Å². The highest BCUT2D eigenvalue weighted by molar-refractivity contribution is 7.90. The molecule has 3 atom stereocenters. The zero-order chi connectivity index (χ0) is 46.9. The first-order chi connectivity index (χ1) is 33.6. The van der Waals surface area contributed by atoms with Crippen LogP contribution >= 0.6 is 0 Å². The van der Waals surface area contributed by atoms with Crippen LogP contribution in [0.25, 0.3) is 11.0 Å². The summed E-state index contributed by atoms with van der Waals surface area (Å²) in [5.74, 6) is 0.509. The third-order valence-electron chi connectivity index (χ3n) is 16.6. The second kappa shape index (κ2) is 17.9. The van der Waals surface area contributed by atoms with Crippen molar-refractivity contribution in [1.82, 2.24) is 19.6 Å². The summed E-state index contributed by atoms with van der Waals surface area (Å²) in [5.41, 5.74) is 6.11. The van der Waals surface area contributed by atoms with Crippen LogP contribution in [-0.4, -0.2) is 105 Å². The molecule has 5 aromatic rings. The monoisotopic (exact) mass is 956 g/mol. The lowest BCUT2D eigenvalue weighted by Crippen LogP contribution is -2.55. The molecule has 2 saturated carbocycles. The lowest BCUT2D eigenvalue weighted by molar-refractivity contribution is -0.384. The Bertz CT molecular complexity index is 2880. The molecular weight excluding hydrogens is 897 g/mol. The molecule has 1 amide bonds. The van der Waals surface area contributed by atoms with Gasteiger partial charge in [-0.2, -0.15) is 4.98 Å². The molecule has 2 aliphatic carbocycles. The Labute approximate surface area is 402 Å². The maximum absolute atomic E-state index is 14.6. The molecule has 4 saturated heterocycles. The van der Waals surface area contributed by atoms with Crippen LogP contribution in [0.5, 0.6) is 5.88 Å². The van der Waals surface area contributed by atoms with E-state index in [0.717, 1.165) is 61.8 Å². The summed E-state index contributed by atoms with van der Waals surface area (Å²) in [6.45, 7) is 5.28. The predicted octanol–water partition coefficient (Wildman–Crippen LogP) is 8.58. The second-order valence-corrected chi connectivity index (χ2v) is 22.3. The van der Waals surface area contributed by atoms with Gasteiger partial charge in [-0.05, 0) is 142 Å². The van der Waals surface area contributed by atoms with E-state index in [2.05, 4.69) is 49.1 Å². The largest absolute Gasteiger partial charge is 0.468 e. The standard InChI is InChI=1S/C52H60N8O8S/c61-50(56-69(64,65)38-11-13-42(45(27-38)60(62)63)54-30-33-15-23-66-24-16-33)41-12-10-36(26-44(41)59-46-25-35-14-19-53-49(35)55-51(46)68-48-32-67-31-47(48)59)57-21-17-52(18-22-57)28-37(29-52)58-20-4-9-43(58)40-8-2-1-7-39(40)34-5-3-6-34/h1-2,7-8,10-14,19,25-27,33-34,37,43,47-48,54H,3-6,9,15-18,20-24,28-32H2,(H,53,55)(H,56,61)/t43-,47+,48-/m0/s1. The summed E-state index contributed by atoms with van der Waals surface area (Å²) in [4.78, 5) is 41.1. The fourth-order valence-electron chi connectivity index (χ4n) is 12.5. The van der Waals surface area contributed by atoms with Crippen molar-refractivity contribution in [2.75, 3.05) is 67.7 Å². The van der Waals surface area contributed by atoms with Gasteiger partial charge < -0.3 is 34.3 Å². The van der Waals surface area contributed by atoms with Gasteiger partial charge in [-0.15, -0.1) is 0 Å². The minimum atomic E-state index is -4.58. The van der Waals surface area contributed by atoms with E-state index in [-0.39, 0.29) is 23.2 Å². The minimum absolute atomic E-state index is 0.119. The zero-order valence-corrected chi connectivity index (χ0v) is 39.6. The first-order valence-corrected chi connectivity index (χ1v) is 26.5. The molecule has 0 bridgehead atoms. The van der Waals surface area contributed by atoms with Crippen LogP contribution in [0.15, 0.2) is 83.9 Å². The number of sulfonamides is 1. The number of hydrogen-bond donors (Lipinski definition) is 3. The molecule has 0 unspecified atom stereocenters. The van der Waals surface area contributed by atoms with E-state index in [1.54, 1.807) is 17.2 Å². The fraction of sp³-hybridized carbons (Fsp3) is 0.500. The first-order valence-electron chi connectivity index (χ1n) is 25.0. The predicted molar refractivity (Wildman–Crippen MR) is 262 cm³/mol. The fourth-order valence-corrected chi connectivity index (χ4v) is 13.5. The van der Waals surface area contributed by atoms with E-state index in [4.69, 9.17) is 19.2 Å². The van der Waals surface area contributed by atoms with Crippen molar-refractivity contribution < 1.29 is 32.3 Å². The Morgan fingerprint density at radius 1 is 0.884 bits per heavy atom. The van der Waals surface area contributed by atoms with E-state index in [0.29, 0.717) is 73.4 Å². The second-order valence-electron chi connectivity index (χ2n) is 20.6. The van der Waals surface area contributed by atoms with Crippen LogP contribution < -0.4 is 24.6 Å². The van der Waals surface area contributed by atoms with E-state index in [1.807, 2.05) is 35.4 Å². The van der Waals surface area contributed by atoms with Crippen molar-refractivity contribution in [2.24, 2.45) is 11.3 Å². The van der Waals surface area contributed by atoms with Gasteiger partial charge in [0.05, 0.1) is 40.3 Å². The first kappa shape index (κ1) is 44.5. The van der Waals surface area contributed by atoms with Gasteiger partial charge in [0.1, 0.15) is 23.1 Å². The highest BCUT2D eigenvalue weighted by atomic mass is 32.2. The number of nitro benzene ring substituents is 1. The number of rotatable bonds is 12. The molecule has 69 heavy (non-hydrogen) atoms. The highest BCUT2D eigenvalue weighted by Gasteiger charge is 2.50. The number of H-pyrrole nitrogens is 1. The normalized spacial score (nSPS) is 24.1. The topological polar surface area (TPSA) is 184 Å². The molecule has 12 rings (SSSR count). The molecule has 2 aromatic heterocycles. The maximum atomic E-state index is 14.6. The average Bonchev–Trinajstić information content (AvgIpc) is 4.13. The molecule has 362 valence electrons. The van der Waals surface area contributed by atoms with Gasteiger partial charge in [-0.3, -0.25) is 19.8 Å². The van der Waals surface area contributed by atoms with Crippen LogP contribution in [0, 0.1) is 21.4 Å². The number of fused-ring (bicyclic) bond motifs is 3. The number of amides is 1. The number of nitrogens with zero attached hydrogens (tertiary/aromatic N) is 5. The number of ether oxygens (including phenoxy) is 3. The van der Waals surface area contributed by atoms with Crippen molar-refractivity contribution in [3.63, 3.8) is 0 Å². The van der Waals surface area contributed by atoms with Crippen molar-refractivity contribution in [1.29, 1.82) is 0 Å². The number of anilines is 4. The van der Waals surface area contributed by atoms with Gasteiger partial charge in [0.2, 0.25) is 5.88 Å². The Balaban J connectivity index is 0.811. The lowest BCUT2D eigenvalue weighted by atomic mass is 9.59. The number of pyridine rings is 1. The third-order valence-corrected chi connectivity index (χ3v) is 18.0. The molecule has 1 spiro atoms. The Hall–Kier alpha value is -5.75. The van der Waals surface area contributed by atoms with Crippen molar-refractivity contribution in [2.45, 2.75) is 106 Å². The van der Waals surface area contributed by atoms with Gasteiger partial charge in [0, 0.05) is 68.3 Å². The summed E-state index contributed by atoms with van der Waals surface area (Å²) < 4.78 is 48.3. The molecule has 5 aliphatic heterocycles. The van der Waals surface area contributed by atoms with Crippen LogP contribution in [0.4, 0.5) is 28.4 Å². The molecule has 3 aromatic carbocycles. The van der Waals surface area contributed by atoms with Crippen molar-refractivity contribution >= 4 is 55.4 Å². The number of aromatic amines is 1. The summed E-state index contributed by atoms with van der Waals surface area (Å²) >= 11 is 0. The molecule has 6 fully saturated rings. The lowest BCUT2D eigenvalue weighted by Gasteiger charge is -2.56. The van der Waals surface area contributed by atoms with Crippen molar-refractivity contribution in [3.8, 4) is 5.88 Å². The number of aromatic nitrogens is 2. The van der Waals surface area contributed by atoms with Gasteiger partial charge in [-0.1, -0.05) is 30.7 Å². The number of carbonyl (C=O) groups excluding carboxylic acids is 1. The number of piperidine rings is 1. The Morgan fingerprint density at radius 3 is 2.48 bits per heavy atom. The zero-order valence-electron chi connectivity index (χ0n) is 38.8. The summed E-state index contributed by atoms with van der Waals surface area (Å²) in [6.07, 6.45) is 14.1. The molecular formula is C52H60N8O8S. The molecule has 17 heteroatoms. The van der Waals surface area contributed by atoms with E-state index in [1.165, 1.54) is 63.6 Å². The number of nitrogens with one attached hydrogen (secondary N) is 3. The van der Waals surface area contributed by atoms with E-state index < -0.39 is 37.5 Å². The minimum Gasteiger partial charge on any atom is -0.468 e. The SMILES string of the molecule is O=C(NS(=O)(=O)c1ccc(NCC2CCOCC2)c([N+](=O)[O-])c1)c1ccc(N2CCC3(CC2)CC(N2CCC[C@H]2c2ccccc2C2CCC2)C3)cc1N1c2cc3cc[nH]c3nc2O[C@H]2COC[C@H]21. The number of hydrogen-bond acceptors (Lipinski definition) is 13. The molecule has 7 aliphatic rings. The Morgan fingerprint density at radius 2 is 1.70 bits per heavy atom. The van der Waals surface area contributed by atoms with Crippen LogP contribution in [0.1, 0.15) is 104 Å². The Kier molecular flexibility index (Phi) is 11.5. The van der Waals surface area contributed by atoms with Crippen LogP contribution in [0.3, 0.4) is 0 Å². The third kappa shape index (κ3) is 8.28. The summed E-state index contributed by atoms with van der Waals surface area (Å²) in [6, 6.07) is 23.2. The molecule has 0 radical (unpaired) electrons. The molecule has 3 N–H and O–H groups in total. The summed E-state index contributed by atoms with van der Waals surface area (Å²) in [5, 5.41) is 16.3. The number of likely N-dealkylation sites (tertiary alicyclic amines) is 1. The number of carbonyl (C=O) groups is 1. The maximum Gasteiger partial charge on any atom is 0.293 e. The quantitative estimate of drug-likeness (QED) is 0.0799. The van der Waals surface area contributed by atoms with Gasteiger partial charge in [0.25, 0.3) is 21.6 Å². The average molecular weight is 957 g/mol. The van der Waals surface area contributed by atoms with E-state index in [9.17, 15) is 23.3 Å². The smallest absolute Gasteiger partial charge is 0.293 e. The number of nitro groups is 1. The molecule has 7 heterocycles. The van der Waals surface area contributed by atoms with Crippen molar-refractivity contribution in [3.05, 3.63) is 106 Å². The van der Waals surface area contributed by atoms with Crippen LogP contribution in [0.2, 0.25) is 0 Å². The molecule has 16 nitrogen and oxygen atoms in total. The highest BCUT2D eigenvalue weighted by Crippen LogP contribution is 2.55. The van der Waals surface area contributed by atoms with Crippen LogP contribution in [-0.2, 0) is 19.5 Å². The number of benzene rings is 3. The summed E-state index contributed by atoms with van der Waals surface area (Å²) in [7, 11) is -4.58. The van der Waals surface area contributed by atoms with E-state index >= 15 is 0 Å². The van der Waals surface area contributed by atoms with Gasteiger partial charge >= 0.3 is 0 Å².